The number of guanidine groups is 6. The van der Waals surface area contributed by atoms with Crippen LogP contribution in [-0.4, -0.2) is 153 Å². The third-order valence-electron chi connectivity index (χ3n) is 10.5. The Morgan fingerprint density at radius 1 is 0.311 bits per heavy atom. The van der Waals surface area contributed by atoms with E-state index in [1.165, 1.54) is 0 Å². The smallest absolute Gasteiger partial charge is 0.243 e. The SMILES string of the molecule is CCCCCC(=O)N[C@@H](CCCN=C(N)N)C(=O)N[C@@H](CCCN=C(N)N)C(=O)N[C@@H](CCCN=C(N)N)C(=O)N[C@@H](CCCN=C(N)N)C(=O)N[C@@H](CCCN=C(N)N)C(=O)N[C@@H](CCCN=C(N)N)C(N)=O. The molecular weight excluding hydrogens is 967 g/mol. The normalized spacial score (nSPS) is 13.0. The van der Waals surface area contributed by atoms with Crippen LogP contribution in [0.4, 0.5) is 0 Å². The molecule has 0 fully saturated rings. The number of hydrogen-bond acceptors (Lipinski definition) is 13. The van der Waals surface area contributed by atoms with E-state index in [2.05, 4.69) is 61.9 Å². The fourth-order valence-corrected chi connectivity index (χ4v) is 6.81. The van der Waals surface area contributed by atoms with Crippen molar-refractivity contribution in [3.63, 3.8) is 0 Å². The first-order valence-electron chi connectivity index (χ1n) is 24.4. The highest BCUT2D eigenvalue weighted by atomic mass is 16.2. The summed E-state index contributed by atoms with van der Waals surface area (Å²) in [6.07, 6.45) is 3.38. The van der Waals surface area contributed by atoms with Gasteiger partial charge in [-0.05, 0) is 83.5 Å². The predicted octanol–water partition coefficient (Wildman–Crippen LogP) is -7.72. The van der Waals surface area contributed by atoms with Crippen LogP contribution in [0.3, 0.4) is 0 Å². The summed E-state index contributed by atoms with van der Waals surface area (Å²) in [6, 6.07) is -7.76. The molecule has 6 atom stereocenters. The molecule has 32 nitrogen and oxygen atoms in total. The molecule has 420 valence electrons. The summed E-state index contributed by atoms with van der Waals surface area (Å²) < 4.78 is 0. The molecule has 0 aromatic heterocycles. The second-order valence-corrected chi connectivity index (χ2v) is 17.0. The van der Waals surface area contributed by atoms with Gasteiger partial charge in [-0.2, -0.15) is 0 Å². The number of carbonyl (C=O) groups excluding carboxylic acids is 7. The molecule has 0 aromatic rings. The van der Waals surface area contributed by atoms with E-state index in [0.29, 0.717) is 6.42 Å². The second-order valence-electron chi connectivity index (χ2n) is 17.0. The zero-order valence-corrected chi connectivity index (χ0v) is 42.6. The first-order valence-corrected chi connectivity index (χ1v) is 24.4. The zero-order valence-electron chi connectivity index (χ0n) is 42.6. The molecule has 0 saturated carbocycles. The van der Waals surface area contributed by atoms with Crippen molar-refractivity contribution in [3.05, 3.63) is 0 Å². The van der Waals surface area contributed by atoms with Gasteiger partial charge >= 0.3 is 0 Å². The standard InChI is InChI=1S/C42H85N25O7/c1-2-3-4-17-30(68)62-25(12-6-19-57-38(46)47)32(70)64-27(14-8-21-59-40(50)51)34(72)66-29(16-10-23-61-42(54)55)36(74)67-28(15-9-22-60-41(52)53)35(73)65-26(13-7-20-58-39(48)49)33(71)63-24(31(43)69)11-5-18-56-37(44)45/h24-29H,2-23H2,1H3,(H2,43,69)(H,62,68)(H,63,71)(H,64,70)(H,65,73)(H,66,72)(H,67,74)(H4,44,45,56)(H4,46,47,57)(H4,48,49,58)(H4,50,51,59)(H4,52,53,60)(H4,54,55,61)/t24-,25-,26-,27-,28-,29-/m0/s1. The Kier molecular flexibility index (Phi) is 34.4. The number of nitrogens with zero attached hydrogens (tertiary/aromatic N) is 6. The Morgan fingerprint density at radius 2 is 0.527 bits per heavy atom. The van der Waals surface area contributed by atoms with Crippen LogP contribution in [0.25, 0.3) is 0 Å². The molecule has 0 spiro atoms. The van der Waals surface area contributed by atoms with E-state index in [0.717, 1.165) is 12.8 Å². The maximum atomic E-state index is 14.4. The van der Waals surface area contributed by atoms with Gasteiger partial charge in [0.25, 0.3) is 0 Å². The molecule has 0 saturated heterocycles. The quantitative estimate of drug-likeness (QED) is 0.0154. The van der Waals surface area contributed by atoms with Gasteiger partial charge in [-0.1, -0.05) is 19.8 Å². The average molecular weight is 1050 g/mol. The fraction of sp³-hybridized carbons (Fsp3) is 0.690. The average Bonchev–Trinajstić information content (AvgIpc) is 3.31. The van der Waals surface area contributed by atoms with Gasteiger partial charge in [0.05, 0.1) is 0 Å². The van der Waals surface area contributed by atoms with E-state index in [4.69, 9.17) is 74.5 Å². The van der Waals surface area contributed by atoms with Gasteiger partial charge in [-0.25, -0.2) is 0 Å². The molecular formula is C42H85N25O7. The molecule has 0 aliphatic carbocycles. The van der Waals surface area contributed by atoms with Gasteiger partial charge < -0.3 is 106 Å². The predicted molar refractivity (Wildman–Crippen MR) is 284 cm³/mol. The number of hydrogen-bond donors (Lipinski definition) is 19. The van der Waals surface area contributed by atoms with Crippen LogP contribution in [0.1, 0.15) is 110 Å². The van der Waals surface area contributed by atoms with Crippen molar-refractivity contribution in [2.45, 2.75) is 146 Å². The Labute approximate surface area is 431 Å². The van der Waals surface area contributed by atoms with Gasteiger partial charge in [0.1, 0.15) is 36.3 Å². The summed E-state index contributed by atoms with van der Waals surface area (Å²) in [6.45, 7) is 2.44. The number of amides is 7. The monoisotopic (exact) mass is 1050 g/mol. The molecule has 0 unspecified atom stereocenters. The molecule has 74 heavy (non-hydrogen) atoms. The van der Waals surface area contributed by atoms with E-state index in [1.807, 2.05) is 6.92 Å². The number of carbonyl (C=O) groups is 7. The molecule has 32 N–H and O–H groups in total. The minimum atomic E-state index is -1.40. The van der Waals surface area contributed by atoms with Crippen molar-refractivity contribution < 1.29 is 33.6 Å². The summed E-state index contributed by atoms with van der Waals surface area (Å²) in [4.78, 5) is 120. The lowest BCUT2D eigenvalue weighted by Gasteiger charge is -2.27. The highest BCUT2D eigenvalue weighted by molar-refractivity contribution is 5.97. The van der Waals surface area contributed by atoms with Crippen molar-refractivity contribution in [2.75, 3.05) is 39.3 Å². The summed E-state index contributed by atoms with van der Waals surface area (Å²) in [5.74, 6) is -6.52. The van der Waals surface area contributed by atoms with Crippen molar-refractivity contribution in [2.24, 2.45) is 104 Å². The minimum Gasteiger partial charge on any atom is -0.370 e. The van der Waals surface area contributed by atoms with Crippen LogP contribution in [0.5, 0.6) is 0 Å². The van der Waals surface area contributed by atoms with E-state index in [9.17, 15) is 33.6 Å². The molecule has 0 bridgehead atoms. The number of nitrogens with one attached hydrogen (secondary N) is 6. The molecule has 0 aliphatic heterocycles. The maximum absolute atomic E-state index is 14.4. The van der Waals surface area contributed by atoms with Crippen molar-refractivity contribution in [1.82, 2.24) is 31.9 Å². The van der Waals surface area contributed by atoms with E-state index in [-0.39, 0.29) is 164 Å². The lowest BCUT2D eigenvalue weighted by Crippen LogP contribution is -2.59. The van der Waals surface area contributed by atoms with Crippen LogP contribution >= 0.6 is 0 Å². The fourth-order valence-electron chi connectivity index (χ4n) is 6.81. The van der Waals surface area contributed by atoms with Crippen molar-refractivity contribution in [3.8, 4) is 0 Å². The molecule has 0 heterocycles. The number of nitrogens with two attached hydrogens (primary N) is 13. The molecule has 0 rings (SSSR count). The Hall–Kier alpha value is -8.09. The Bertz CT molecular complexity index is 1940. The Morgan fingerprint density at radius 3 is 0.743 bits per heavy atom. The summed E-state index contributed by atoms with van der Waals surface area (Å²) >= 11 is 0. The number of unbranched alkanes of at least 4 members (excludes halogenated alkanes) is 2. The maximum Gasteiger partial charge on any atom is 0.243 e. The van der Waals surface area contributed by atoms with Gasteiger partial charge in [-0.3, -0.25) is 63.5 Å². The van der Waals surface area contributed by atoms with Crippen molar-refractivity contribution >= 4 is 77.1 Å². The molecule has 0 aliphatic rings. The topological polar surface area (TPSA) is 604 Å². The van der Waals surface area contributed by atoms with E-state index in [1.54, 1.807) is 0 Å². The molecule has 32 heteroatoms. The van der Waals surface area contributed by atoms with Crippen molar-refractivity contribution in [1.29, 1.82) is 0 Å². The van der Waals surface area contributed by atoms with Crippen LogP contribution in [-0.2, 0) is 33.6 Å². The van der Waals surface area contributed by atoms with Crippen LogP contribution in [0.2, 0.25) is 0 Å². The highest BCUT2D eigenvalue weighted by Gasteiger charge is 2.33. The first-order chi connectivity index (χ1) is 35.0. The number of rotatable bonds is 40. The largest absolute Gasteiger partial charge is 0.370 e. The molecule has 7 amide bonds. The van der Waals surface area contributed by atoms with Crippen LogP contribution < -0.4 is 106 Å². The Balaban J connectivity index is 7.08. The third kappa shape index (κ3) is 33.5. The first kappa shape index (κ1) is 65.9. The number of aliphatic imine (C=N–C) groups is 6. The van der Waals surface area contributed by atoms with Crippen LogP contribution in [0.15, 0.2) is 30.0 Å². The lowest BCUT2D eigenvalue weighted by molar-refractivity contribution is -0.135. The zero-order chi connectivity index (χ0) is 56.0. The highest BCUT2D eigenvalue weighted by Crippen LogP contribution is 2.10. The van der Waals surface area contributed by atoms with Gasteiger partial charge in [0.15, 0.2) is 35.8 Å². The second kappa shape index (κ2) is 38.6. The third-order valence-corrected chi connectivity index (χ3v) is 10.5. The van der Waals surface area contributed by atoms with E-state index >= 15 is 0 Å². The summed E-state index contributed by atoms with van der Waals surface area (Å²) in [5, 5.41) is 16.0. The van der Waals surface area contributed by atoms with Crippen LogP contribution in [0, 0.1) is 0 Å². The van der Waals surface area contributed by atoms with Gasteiger partial charge in [0, 0.05) is 45.7 Å². The molecule has 0 radical (unpaired) electrons. The number of primary amides is 1. The molecule has 0 aromatic carbocycles. The minimum absolute atomic E-state index is 0.0267. The summed E-state index contributed by atoms with van der Waals surface area (Å²) in [5.41, 5.74) is 71.4. The van der Waals surface area contributed by atoms with E-state index < -0.39 is 71.7 Å². The summed E-state index contributed by atoms with van der Waals surface area (Å²) in [7, 11) is 0. The van der Waals surface area contributed by atoms with Gasteiger partial charge in [-0.15, -0.1) is 0 Å². The lowest BCUT2D eigenvalue weighted by atomic mass is 10.0. The van der Waals surface area contributed by atoms with Gasteiger partial charge in [0.2, 0.25) is 41.4 Å².